The number of amidine groups is 1. The van der Waals surface area contributed by atoms with Crippen molar-refractivity contribution < 1.29 is 42.0 Å². The number of benzene rings is 2. The quantitative estimate of drug-likeness (QED) is 0.0895. The standard InChI is InChI=1S/C33H41F2N4O7P/c1-3-4-5-6-8-11-24-14-16-25(17-15-24)21-43-31(42)23(2)38-47(46-26-12-9-7-10-13-26)44-22-27-30(41)33(34,35)32(45-27)39-19-18-28(36)37-29(39)20-40/h7,9-10,12-19,23,27,30,32,38,41H,3-6,8,11,21-22H2,1-2H3,(H2,36,37)/t23-,27+,30+,32+,47-/m0/s1. The van der Waals surface area contributed by atoms with Crippen molar-refractivity contribution in [3.8, 4) is 5.75 Å². The van der Waals surface area contributed by atoms with Gasteiger partial charge in [-0.15, -0.1) is 0 Å². The minimum atomic E-state index is -3.83. The summed E-state index contributed by atoms with van der Waals surface area (Å²) in [5.74, 6) is -3.17. The summed E-state index contributed by atoms with van der Waals surface area (Å²) in [5.41, 5.74) is 7.63. The van der Waals surface area contributed by atoms with Crippen molar-refractivity contribution in [1.29, 1.82) is 0 Å². The number of para-hydroxylation sites is 1. The van der Waals surface area contributed by atoms with Gasteiger partial charge in [-0.2, -0.15) is 8.78 Å². The average Bonchev–Trinajstić information content (AvgIpc) is 3.30. The summed E-state index contributed by atoms with van der Waals surface area (Å²) < 4.78 is 52.9. The number of nitrogens with one attached hydrogen (secondary N) is 1. The number of aliphatic hydroxyl groups is 1. The number of rotatable bonds is 17. The molecule has 47 heavy (non-hydrogen) atoms. The van der Waals surface area contributed by atoms with Crippen LogP contribution in [0.15, 0.2) is 77.7 Å². The van der Waals surface area contributed by atoms with Crippen LogP contribution in [0, 0.1) is 0 Å². The molecule has 0 saturated carbocycles. The van der Waals surface area contributed by atoms with Gasteiger partial charge in [-0.1, -0.05) is 75.1 Å². The second kappa shape index (κ2) is 17.5. The van der Waals surface area contributed by atoms with Gasteiger partial charge in [0.15, 0.2) is 12.0 Å². The number of aliphatic hydroxyl groups excluding tert-OH is 1. The zero-order chi connectivity index (χ0) is 33.8. The van der Waals surface area contributed by atoms with Gasteiger partial charge in [0.1, 0.15) is 30.3 Å². The summed E-state index contributed by atoms with van der Waals surface area (Å²) >= 11 is 0. The van der Waals surface area contributed by atoms with E-state index in [0.29, 0.717) is 5.75 Å². The first-order valence-electron chi connectivity index (χ1n) is 15.6. The molecule has 0 spiro atoms. The van der Waals surface area contributed by atoms with Crippen LogP contribution in [-0.2, 0) is 36.6 Å². The van der Waals surface area contributed by atoms with Crippen molar-refractivity contribution in [2.75, 3.05) is 6.61 Å². The van der Waals surface area contributed by atoms with Crippen molar-refractivity contribution in [3.63, 3.8) is 0 Å². The smallest absolute Gasteiger partial charge is 0.323 e. The Morgan fingerprint density at radius 1 is 1.15 bits per heavy atom. The Balaban J connectivity index is 1.33. The third-order valence-corrected chi connectivity index (χ3v) is 8.88. The van der Waals surface area contributed by atoms with Gasteiger partial charge in [-0.05, 0) is 49.1 Å². The second-order valence-corrected chi connectivity index (χ2v) is 12.4. The molecule has 2 heterocycles. The van der Waals surface area contributed by atoms with E-state index in [0.717, 1.165) is 29.5 Å². The highest BCUT2D eigenvalue weighted by molar-refractivity contribution is 7.45. The van der Waals surface area contributed by atoms with E-state index in [4.69, 9.17) is 24.3 Å². The van der Waals surface area contributed by atoms with E-state index < -0.39 is 57.3 Å². The van der Waals surface area contributed by atoms with Gasteiger partial charge in [0.05, 0.1) is 6.61 Å². The molecule has 0 amide bonds. The third-order valence-electron chi connectivity index (χ3n) is 7.52. The molecule has 2 aromatic rings. The molecule has 1 saturated heterocycles. The van der Waals surface area contributed by atoms with Crippen molar-refractivity contribution in [3.05, 3.63) is 83.8 Å². The van der Waals surface area contributed by atoms with Crippen molar-refractivity contribution in [2.45, 2.75) is 89.4 Å². The van der Waals surface area contributed by atoms with E-state index in [-0.39, 0.29) is 12.4 Å². The van der Waals surface area contributed by atoms with Gasteiger partial charge in [-0.25, -0.2) is 14.9 Å². The van der Waals surface area contributed by atoms with E-state index in [2.05, 4.69) is 17.0 Å². The number of halogens is 2. The maximum atomic E-state index is 15.1. The lowest BCUT2D eigenvalue weighted by molar-refractivity contribution is -0.148. The summed E-state index contributed by atoms with van der Waals surface area (Å²) in [5, 5.41) is 13.4. The minimum Gasteiger partial charge on any atom is -0.460 e. The Kier molecular flexibility index (Phi) is 13.4. The van der Waals surface area contributed by atoms with Gasteiger partial charge in [0.25, 0.3) is 0 Å². The molecular formula is C33H41F2N4O7P. The summed E-state index contributed by atoms with van der Waals surface area (Å²) in [6.07, 6.45) is 3.46. The molecule has 11 nitrogen and oxygen atoms in total. The lowest BCUT2D eigenvalue weighted by Crippen LogP contribution is -2.47. The Morgan fingerprint density at radius 3 is 2.55 bits per heavy atom. The topological polar surface area (TPSA) is 145 Å². The van der Waals surface area contributed by atoms with Crippen molar-refractivity contribution >= 4 is 26.3 Å². The molecule has 0 aromatic heterocycles. The molecule has 1 fully saturated rings. The number of hydrogen-bond acceptors (Lipinski definition) is 11. The number of aliphatic imine (C=N–C) groups is 1. The highest BCUT2D eigenvalue weighted by atomic mass is 31.2. The van der Waals surface area contributed by atoms with Gasteiger partial charge >= 0.3 is 20.4 Å². The van der Waals surface area contributed by atoms with Crippen LogP contribution in [-0.4, -0.2) is 64.8 Å². The van der Waals surface area contributed by atoms with Gasteiger partial charge < -0.3 is 29.4 Å². The van der Waals surface area contributed by atoms with Crippen LogP contribution >= 0.6 is 8.53 Å². The molecule has 4 rings (SSSR count). The van der Waals surface area contributed by atoms with Crippen LogP contribution in [0.5, 0.6) is 5.75 Å². The van der Waals surface area contributed by atoms with Crippen LogP contribution in [0.2, 0.25) is 0 Å². The van der Waals surface area contributed by atoms with Crippen LogP contribution < -0.4 is 15.3 Å². The zero-order valence-electron chi connectivity index (χ0n) is 26.4. The first-order chi connectivity index (χ1) is 22.6. The highest BCUT2D eigenvalue weighted by Crippen LogP contribution is 2.42. The van der Waals surface area contributed by atoms with E-state index in [1.165, 1.54) is 43.3 Å². The number of unbranched alkanes of at least 4 members (excludes halogenated alkanes) is 4. The summed E-state index contributed by atoms with van der Waals surface area (Å²) in [4.78, 5) is 28.7. The summed E-state index contributed by atoms with van der Waals surface area (Å²) in [6, 6.07) is 15.6. The average molecular weight is 675 g/mol. The third kappa shape index (κ3) is 10.1. The fraction of sp³-hybridized carbons (Fsp3) is 0.455. The zero-order valence-corrected chi connectivity index (χ0v) is 27.3. The monoisotopic (exact) mass is 674 g/mol. The van der Waals surface area contributed by atoms with E-state index >= 15 is 8.78 Å². The van der Waals surface area contributed by atoms with Crippen LogP contribution in [0.3, 0.4) is 0 Å². The van der Waals surface area contributed by atoms with Crippen LogP contribution in [0.1, 0.15) is 57.1 Å². The predicted octanol–water partition coefficient (Wildman–Crippen LogP) is 5.12. The molecule has 0 bridgehead atoms. The van der Waals surface area contributed by atoms with Gasteiger partial charge in [0.2, 0.25) is 12.0 Å². The fourth-order valence-corrected chi connectivity index (χ4v) is 6.05. The number of ether oxygens (including phenoxy) is 2. The number of alkyl halides is 2. The molecular weight excluding hydrogens is 633 g/mol. The number of hydrogen-bond donors (Lipinski definition) is 3. The number of carbonyl (C=O) groups excluding carboxylic acids is 2. The van der Waals surface area contributed by atoms with Crippen LogP contribution in [0.25, 0.3) is 0 Å². The Hall–Kier alpha value is -3.70. The molecule has 254 valence electrons. The molecule has 0 unspecified atom stereocenters. The second-order valence-electron chi connectivity index (χ2n) is 11.2. The number of esters is 1. The van der Waals surface area contributed by atoms with Gasteiger partial charge in [0, 0.05) is 6.20 Å². The molecule has 2 aromatic carbocycles. The molecule has 2 aliphatic heterocycles. The molecule has 5 atom stereocenters. The number of nitrogens with two attached hydrogens (primary N) is 1. The number of aryl methyl sites for hydroxylation is 1. The van der Waals surface area contributed by atoms with E-state index in [1.54, 1.807) is 37.3 Å². The lowest BCUT2D eigenvalue weighted by Gasteiger charge is -2.30. The first kappa shape index (κ1) is 36.1. The largest absolute Gasteiger partial charge is 0.460 e. The highest BCUT2D eigenvalue weighted by Gasteiger charge is 2.61. The normalized spacial score (nSPS) is 21.6. The predicted molar refractivity (Wildman–Crippen MR) is 173 cm³/mol. The first-order valence-corrected chi connectivity index (χ1v) is 16.7. The summed E-state index contributed by atoms with van der Waals surface area (Å²) in [6.45, 7) is 3.27. The maximum Gasteiger partial charge on any atom is 0.323 e. The van der Waals surface area contributed by atoms with E-state index in [1.807, 2.05) is 24.3 Å². The van der Waals surface area contributed by atoms with Crippen LogP contribution in [0.4, 0.5) is 8.78 Å². The Bertz CT molecular complexity index is 1420. The number of carbonyl (C=O) groups is 1. The SMILES string of the molecule is CCCCCCCc1ccc(COC(=O)[C@H](C)N[P@@](OC[C@H]2O[C@@H](N3C=CC(N)=NC3=C=O)C(F)(F)[C@@H]2O)Oc2ccccc2)cc1. The fourth-order valence-electron chi connectivity index (χ4n) is 4.85. The minimum absolute atomic E-state index is 0.0659. The maximum absolute atomic E-state index is 15.1. The Labute approximate surface area is 274 Å². The molecule has 0 aliphatic carbocycles. The summed E-state index contributed by atoms with van der Waals surface area (Å²) in [7, 11) is -2.12. The molecule has 0 radical (unpaired) electrons. The number of nitrogens with zero attached hydrogens (tertiary/aromatic N) is 2. The van der Waals surface area contributed by atoms with E-state index in [9.17, 15) is 14.7 Å². The molecule has 2 aliphatic rings. The molecule has 14 heteroatoms. The van der Waals surface area contributed by atoms with Crippen molar-refractivity contribution in [1.82, 2.24) is 9.99 Å². The van der Waals surface area contributed by atoms with Crippen molar-refractivity contribution in [2.24, 2.45) is 10.7 Å². The molecule has 4 N–H and O–H groups in total. The lowest BCUT2D eigenvalue weighted by atomic mass is 10.0. The van der Waals surface area contributed by atoms with Gasteiger partial charge in [-0.3, -0.25) is 9.69 Å². The Morgan fingerprint density at radius 2 is 1.85 bits per heavy atom.